The lowest BCUT2D eigenvalue weighted by molar-refractivity contribution is -0.139. The first-order chi connectivity index (χ1) is 20.0. The van der Waals surface area contributed by atoms with E-state index in [4.69, 9.17) is 9.47 Å². The van der Waals surface area contributed by atoms with E-state index in [0.29, 0.717) is 18.0 Å². The highest BCUT2D eigenvalue weighted by Gasteiger charge is 2.33. The highest BCUT2D eigenvalue weighted by molar-refractivity contribution is 7.92. The number of ether oxygens (including phenoxy) is 2. The van der Waals surface area contributed by atoms with Crippen LogP contribution in [0.3, 0.4) is 0 Å². The van der Waals surface area contributed by atoms with Gasteiger partial charge in [0.1, 0.15) is 12.6 Å². The Morgan fingerprint density at radius 3 is 2.21 bits per heavy atom. The average Bonchev–Trinajstić information content (AvgIpc) is 2.98. The molecule has 1 N–H and O–H groups in total. The topological polar surface area (TPSA) is 105 Å². The van der Waals surface area contributed by atoms with Crippen molar-refractivity contribution in [1.29, 1.82) is 0 Å². The summed E-state index contributed by atoms with van der Waals surface area (Å²) < 4.78 is 39.9. The van der Waals surface area contributed by atoms with Crippen molar-refractivity contribution in [2.75, 3.05) is 31.6 Å². The first-order valence-corrected chi connectivity index (χ1v) is 15.4. The van der Waals surface area contributed by atoms with Crippen molar-refractivity contribution in [3.05, 3.63) is 83.4 Å². The molecule has 0 saturated carbocycles. The van der Waals surface area contributed by atoms with Crippen LogP contribution in [0.4, 0.5) is 5.69 Å². The summed E-state index contributed by atoms with van der Waals surface area (Å²) in [6.45, 7) is 7.65. The molecule has 42 heavy (non-hydrogen) atoms. The fraction of sp³-hybridized carbons (Fsp3) is 0.375. The SMILES string of the molecule is CCCCNC(=O)[C@@H](C)N(Cc1cccc(C)c1)C(=O)CN(c1ccc(C)cc1)S(=O)(=O)c1ccc(OC)c(OC)c1. The molecule has 0 aliphatic rings. The van der Waals surface area contributed by atoms with Crippen molar-refractivity contribution in [2.45, 2.75) is 58.0 Å². The molecule has 0 aliphatic carbocycles. The summed E-state index contributed by atoms with van der Waals surface area (Å²) in [6.07, 6.45) is 1.73. The van der Waals surface area contributed by atoms with Gasteiger partial charge in [-0.3, -0.25) is 13.9 Å². The Labute approximate surface area is 249 Å². The van der Waals surface area contributed by atoms with Gasteiger partial charge in [-0.05, 0) is 57.0 Å². The Morgan fingerprint density at radius 1 is 0.905 bits per heavy atom. The minimum Gasteiger partial charge on any atom is -0.493 e. The fourth-order valence-corrected chi connectivity index (χ4v) is 5.90. The summed E-state index contributed by atoms with van der Waals surface area (Å²) in [5.41, 5.74) is 3.10. The number of carbonyl (C=O) groups is 2. The molecular weight excluding hydrogens is 554 g/mol. The third-order valence-corrected chi connectivity index (χ3v) is 8.75. The van der Waals surface area contributed by atoms with Crippen LogP contribution < -0.4 is 19.1 Å². The van der Waals surface area contributed by atoms with Gasteiger partial charge in [0, 0.05) is 19.2 Å². The van der Waals surface area contributed by atoms with Crippen molar-refractivity contribution in [3.8, 4) is 11.5 Å². The van der Waals surface area contributed by atoms with Crippen LogP contribution in [0.25, 0.3) is 0 Å². The zero-order valence-corrected chi connectivity index (χ0v) is 26.0. The molecule has 0 radical (unpaired) electrons. The molecule has 0 fully saturated rings. The van der Waals surface area contributed by atoms with Gasteiger partial charge in [-0.15, -0.1) is 0 Å². The molecule has 0 aliphatic heterocycles. The van der Waals surface area contributed by atoms with E-state index in [9.17, 15) is 18.0 Å². The smallest absolute Gasteiger partial charge is 0.264 e. The molecule has 3 aromatic rings. The summed E-state index contributed by atoms with van der Waals surface area (Å²) in [7, 11) is -1.36. The molecule has 0 bridgehead atoms. The van der Waals surface area contributed by atoms with Crippen LogP contribution >= 0.6 is 0 Å². The number of methoxy groups -OCH3 is 2. The van der Waals surface area contributed by atoms with Gasteiger partial charge in [-0.2, -0.15) is 0 Å². The first kappa shape index (κ1) is 32.5. The summed E-state index contributed by atoms with van der Waals surface area (Å²) in [5.74, 6) is -0.192. The van der Waals surface area contributed by atoms with Crippen LogP contribution in [0.1, 0.15) is 43.4 Å². The predicted molar refractivity (Wildman–Crippen MR) is 164 cm³/mol. The second-order valence-corrected chi connectivity index (χ2v) is 12.1. The number of amides is 2. The van der Waals surface area contributed by atoms with Crippen LogP contribution in [0.2, 0.25) is 0 Å². The minimum atomic E-state index is -4.25. The maximum atomic E-state index is 14.1. The van der Waals surface area contributed by atoms with Gasteiger partial charge in [0.2, 0.25) is 11.8 Å². The van der Waals surface area contributed by atoms with E-state index < -0.39 is 28.5 Å². The monoisotopic (exact) mass is 595 g/mol. The van der Waals surface area contributed by atoms with Crippen LogP contribution in [-0.2, 0) is 26.2 Å². The van der Waals surface area contributed by atoms with E-state index in [2.05, 4.69) is 5.32 Å². The number of hydrogen-bond acceptors (Lipinski definition) is 6. The molecule has 0 saturated heterocycles. The van der Waals surface area contributed by atoms with Crippen molar-refractivity contribution >= 4 is 27.5 Å². The molecule has 10 heteroatoms. The number of benzene rings is 3. The van der Waals surface area contributed by atoms with Gasteiger partial charge in [0.05, 0.1) is 24.8 Å². The van der Waals surface area contributed by atoms with E-state index in [1.807, 2.05) is 45.0 Å². The maximum Gasteiger partial charge on any atom is 0.264 e. The van der Waals surface area contributed by atoms with Crippen molar-refractivity contribution in [3.63, 3.8) is 0 Å². The van der Waals surface area contributed by atoms with Crippen LogP contribution in [0.5, 0.6) is 11.5 Å². The van der Waals surface area contributed by atoms with Gasteiger partial charge < -0.3 is 19.7 Å². The van der Waals surface area contributed by atoms with E-state index in [1.165, 1.54) is 37.3 Å². The van der Waals surface area contributed by atoms with Gasteiger partial charge in [0.25, 0.3) is 10.0 Å². The van der Waals surface area contributed by atoms with Crippen molar-refractivity contribution in [2.24, 2.45) is 0 Å². The molecule has 3 rings (SSSR count). The lowest BCUT2D eigenvalue weighted by Crippen LogP contribution is -2.51. The van der Waals surface area contributed by atoms with Crippen molar-refractivity contribution < 1.29 is 27.5 Å². The second kappa shape index (κ2) is 14.7. The maximum absolute atomic E-state index is 14.1. The normalized spacial score (nSPS) is 11.9. The molecular formula is C32H41N3O6S. The largest absolute Gasteiger partial charge is 0.493 e. The Kier molecular flexibility index (Phi) is 11.4. The average molecular weight is 596 g/mol. The zero-order chi connectivity index (χ0) is 30.9. The third-order valence-electron chi connectivity index (χ3n) is 6.98. The summed E-state index contributed by atoms with van der Waals surface area (Å²) in [5, 5.41) is 2.90. The number of unbranched alkanes of at least 4 members (excludes halogenated alkanes) is 1. The van der Waals surface area contributed by atoms with Crippen LogP contribution in [0.15, 0.2) is 71.6 Å². The zero-order valence-electron chi connectivity index (χ0n) is 25.2. The highest BCUT2D eigenvalue weighted by Crippen LogP contribution is 2.32. The molecule has 0 heterocycles. The molecule has 2 amide bonds. The summed E-state index contributed by atoms with van der Waals surface area (Å²) in [6, 6.07) is 18.0. The van der Waals surface area contributed by atoms with Gasteiger partial charge >= 0.3 is 0 Å². The quantitative estimate of drug-likeness (QED) is 0.267. The molecule has 0 spiro atoms. The molecule has 9 nitrogen and oxygen atoms in total. The fourth-order valence-electron chi connectivity index (χ4n) is 4.47. The number of nitrogens with one attached hydrogen (secondary N) is 1. The number of carbonyl (C=O) groups excluding carboxylic acids is 2. The molecule has 0 unspecified atom stereocenters. The Balaban J connectivity index is 2.04. The third kappa shape index (κ3) is 8.03. The van der Waals surface area contributed by atoms with E-state index in [-0.39, 0.29) is 23.1 Å². The van der Waals surface area contributed by atoms with Gasteiger partial charge in [0.15, 0.2) is 11.5 Å². The number of aryl methyl sites for hydroxylation is 2. The lowest BCUT2D eigenvalue weighted by Gasteiger charge is -2.32. The number of anilines is 1. The Hall–Kier alpha value is -4.05. The number of rotatable bonds is 14. The first-order valence-electron chi connectivity index (χ1n) is 14.0. The number of nitrogens with zero attached hydrogens (tertiary/aromatic N) is 2. The molecule has 1 atom stereocenters. The van der Waals surface area contributed by atoms with Gasteiger partial charge in [-0.25, -0.2) is 8.42 Å². The van der Waals surface area contributed by atoms with Crippen LogP contribution in [0, 0.1) is 13.8 Å². The Bertz CT molecular complexity index is 1470. The van der Waals surface area contributed by atoms with Crippen molar-refractivity contribution in [1.82, 2.24) is 10.2 Å². The van der Waals surface area contributed by atoms with Crippen LogP contribution in [-0.4, -0.2) is 58.5 Å². The number of sulfonamides is 1. The summed E-state index contributed by atoms with van der Waals surface area (Å²) >= 11 is 0. The highest BCUT2D eigenvalue weighted by atomic mass is 32.2. The Morgan fingerprint density at radius 2 is 1.60 bits per heavy atom. The second-order valence-electron chi connectivity index (χ2n) is 10.2. The number of hydrogen-bond donors (Lipinski definition) is 1. The van der Waals surface area contributed by atoms with E-state index in [1.54, 1.807) is 31.2 Å². The standard InChI is InChI=1S/C32H41N3O6S/c1-7-8-18-33-32(37)25(4)34(21-26-11-9-10-24(3)19-26)31(36)22-35(27-14-12-23(2)13-15-27)42(38,39)28-16-17-29(40-5)30(20-28)41-6/h9-17,19-20,25H,7-8,18,21-22H2,1-6H3,(H,33,37)/t25-/m1/s1. The molecule has 226 valence electrons. The molecule has 0 aromatic heterocycles. The predicted octanol–water partition coefficient (Wildman–Crippen LogP) is 4.85. The van der Waals surface area contributed by atoms with Gasteiger partial charge in [-0.1, -0.05) is 60.9 Å². The summed E-state index contributed by atoms with van der Waals surface area (Å²) in [4.78, 5) is 28.5. The van der Waals surface area contributed by atoms with E-state index >= 15 is 0 Å². The molecule has 3 aromatic carbocycles. The lowest BCUT2D eigenvalue weighted by atomic mass is 10.1. The minimum absolute atomic E-state index is 0.0656. The van der Waals surface area contributed by atoms with E-state index in [0.717, 1.165) is 33.8 Å².